The Labute approximate surface area is 329 Å². The highest BCUT2D eigenvalue weighted by atomic mass is 31.2. The zero-order valence-electron chi connectivity index (χ0n) is 35.7. The van der Waals surface area contributed by atoms with Gasteiger partial charge in [0.05, 0.1) is 32.5 Å². The van der Waals surface area contributed by atoms with Gasteiger partial charge in [0.1, 0.15) is 0 Å². The van der Waals surface area contributed by atoms with Gasteiger partial charge in [-0.15, -0.1) is 0 Å². The van der Waals surface area contributed by atoms with E-state index in [1.807, 2.05) is 6.92 Å². The maximum Gasteiger partial charge on any atom is 0.474 e. The van der Waals surface area contributed by atoms with Crippen LogP contribution in [0.3, 0.4) is 0 Å². The topological polar surface area (TPSA) is 94.5 Å². The number of carbonyl (C=O) groups is 1. The molecule has 2 unspecified atom stereocenters. The number of phosphoric acid groups is 1. The van der Waals surface area contributed by atoms with Crippen molar-refractivity contribution in [1.29, 1.82) is 0 Å². The van der Waals surface area contributed by atoms with Gasteiger partial charge in [-0.05, 0) is 71.4 Å². The van der Waals surface area contributed by atoms with E-state index in [9.17, 15) is 14.5 Å². The molecule has 0 aliphatic heterocycles. The second-order valence-electron chi connectivity index (χ2n) is 15.5. The molecule has 9 heteroatoms. The van der Waals surface area contributed by atoms with Gasteiger partial charge in [0.25, 0.3) is 0 Å². The molecule has 0 amide bonds. The van der Waals surface area contributed by atoms with E-state index in [2.05, 4.69) is 25.7 Å². The molecule has 0 aliphatic carbocycles. The normalized spacial score (nSPS) is 13.5. The first-order chi connectivity index (χ1) is 25.9. The zero-order valence-corrected chi connectivity index (χ0v) is 36.6. The van der Waals surface area contributed by atoms with E-state index in [-0.39, 0.29) is 18.7 Å². The SMILES string of the molecule is CCCCCCCCCOP(=O)(OCCCCCCCC)OCCCCCCCN(CCO)CCCCCCCC(=O)OC(C)CCCCCCCC. The average Bonchev–Trinajstić information content (AvgIpc) is 3.14. The minimum atomic E-state index is -3.52. The number of phosphoric ester groups is 1. The third kappa shape index (κ3) is 38.2. The van der Waals surface area contributed by atoms with E-state index in [0.29, 0.717) is 26.2 Å². The van der Waals surface area contributed by atoms with Crippen LogP contribution in [0.1, 0.15) is 227 Å². The molecule has 0 heterocycles. The summed E-state index contributed by atoms with van der Waals surface area (Å²) in [7, 11) is -3.52. The molecule has 0 aromatic heterocycles. The first-order valence-corrected chi connectivity index (χ1v) is 24.4. The number of unbranched alkanes of at least 4 members (excludes halogenated alkanes) is 24. The number of nitrogens with zero attached hydrogens (tertiary/aromatic N) is 1. The fourth-order valence-corrected chi connectivity index (χ4v) is 8.00. The van der Waals surface area contributed by atoms with Crippen LogP contribution in [0.2, 0.25) is 0 Å². The largest absolute Gasteiger partial charge is 0.474 e. The molecule has 0 fully saturated rings. The highest BCUT2D eigenvalue weighted by molar-refractivity contribution is 7.48. The van der Waals surface area contributed by atoms with Gasteiger partial charge < -0.3 is 14.7 Å². The van der Waals surface area contributed by atoms with Crippen LogP contribution in [0, 0.1) is 0 Å². The molecule has 0 aromatic rings. The van der Waals surface area contributed by atoms with Crippen molar-refractivity contribution < 1.29 is 32.8 Å². The standard InChI is InChI=1S/C44H90NO7P/c1-5-8-11-14-17-25-32-41-50-53(48,49-40-31-24-16-13-10-7-3)51-42-33-26-19-23-30-37-45(38-39-46)36-29-22-18-21-28-35-44(47)52-43(4)34-27-20-15-12-9-6-2/h43,46H,5-42H2,1-4H3. The summed E-state index contributed by atoms with van der Waals surface area (Å²) in [6.45, 7) is 12.9. The maximum absolute atomic E-state index is 13.4. The van der Waals surface area contributed by atoms with Crippen LogP contribution < -0.4 is 0 Å². The van der Waals surface area contributed by atoms with Gasteiger partial charge in [-0.1, -0.05) is 162 Å². The number of ether oxygens (including phenoxy) is 1. The second-order valence-corrected chi connectivity index (χ2v) is 17.2. The first kappa shape index (κ1) is 52.5. The Kier molecular flexibility index (Phi) is 40.8. The van der Waals surface area contributed by atoms with Crippen molar-refractivity contribution in [3.63, 3.8) is 0 Å². The summed E-state index contributed by atoms with van der Waals surface area (Å²) in [5, 5.41) is 9.57. The van der Waals surface area contributed by atoms with Crippen LogP contribution in [0.25, 0.3) is 0 Å². The van der Waals surface area contributed by atoms with E-state index in [1.54, 1.807) is 0 Å². The Morgan fingerprint density at radius 3 is 1.28 bits per heavy atom. The Morgan fingerprint density at radius 1 is 0.509 bits per heavy atom. The molecule has 0 rings (SSSR count). The van der Waals surface area contributed by atoms with Crippen LogP contribution in [0.15, 0.2) is 0 Å². The summed E-state index contributed by atoms with van der Waals surface area (Å²) in [5.74, 6) is -0.0407. The number of aliphatic hydroxyl groups excluding tert-OH is 1. The lowest BCUT2D eigenvalue weighted by atomic mass is 10.1. The molecule has 0 saturated heterocycles. The van der Waals surface area contributed by atoms with Crippen molar-refractivity contribution in [2.24, 2.45) is 0 Å². The van der Waals surface area contributed by atoms with Crippen molar-refractivity contribution in [1.82, 2.24) is 4.90 Å². The molecule has 2 atom stereocenters. The number of esters is 1. The zero-order chi connectivity index (χ0) is 38.9. The fourth-order valence-electron chi connectivity index (χ4n) is 6.72. The maximum atomic E-state index is 13.4. The van der Waals surface area contributed by atoms with Crippen LogP contribution in [0.4, 0.5) is 0 Å². The van der Waals surface area contributed by atoms with Crippen LogP contribution >= 0.6 is 7.82 Å². The van der Waals surface area contributed by atoms with Crippen molar-refractivity contribution in [3.05, 3.63) is 0 Å². The molecule has 53 heavy (non-hydrogen) atoms. The number of hydrogen-bond donors (Lipinski definition) is 1. The molecule has 318 valence electrons. The van der Waals surface area contributed by atoms with Gasteiger partial charge in [-0.25, -0.2) is 4.57 Å². The molecule has 0 spiro atoms. The van der Waals surface area contributed by atoms with Crippen molar-refractivity contribution >= 4 is 13.8 Å². The Hall–Kier alpha value is -0.500. The van der Waals surface area contributed by atoms with Gasteiger partial charge in [-0.3, -0.25) is 18.4 Å². The molecule has 0 radical (unpaired) electrons. The smallest absolute Gasteiger partial charge is 0.463 e. The Balaban J connectivity index is 4.09. The molecular formula is C44H90NO7P. The van der Waals surface area contributed by atoms with Crippen molar-refractivity contribution in [3.8, 4) is 0 Å². The van der Waals surface area contributed by atoms with Gasteiger partial charge >= 0.3 is 13.8 Å². The van der Waals surface area contributed by atoms with Crippen LogP contribution in [-0.2, 0) is 27.7 Å². The molecule has 0 aromatic carbocycles. The van der Waals surface area contributed by atoms with Crippen LogP contribution in [0.5, 0.6) is 0 Å². The van der Waals surface area contributed by atoms with Gasteiger partial charge in [0.2, 0.25) is 0 Å². The molecule has 8 nitrogen and oxygen atoms in total. The van der Waals surface area contributed by atoms with Crippen molar-refractivity contribution in [2.45, 2.75) is 233 Å². The Bertz CT molecular complexity index is 802. The summed E-state index contributed by atoms with van der Waals surface area (Å²) in [6, 6.07) is 0. The number of aliphatic hydroxyl groups is 1. The molecular weight excluding hydrogens is 685 g/mol. The van der Waals surface area contributed by atoms with Gasteiger partial charge in [-0.2, -0.15) is 0 Å². The Morgan fingerprint density at radius 2 is 0.868 bits per heavy atom. The molecule has 1 N–H and O–H groups in total. The second kappa shape index (κ2) is 41.1. The number of hydrogen-bond acceptors (Lipinski definition) is 8. The fraction of sp³-hybridized carbons (Fsp3) is 0.977. The number of carbonyl (C=O) groups excluding carboxylic acids is 1. The lowest BCUT2D eigenvalue weighted by Crippen LogP contribution is -2.29. The van der Waals surface area contributed by atoms with Crippen LogP contribution in [-0.4, -0.2) is 68.1 Å². The quantitative estimate of drug-likeness (QED) is 0.0371. The summed E-state index contributed by atoms with van der Waals surface area (Å²) in [6.07, 6.45) is 35.0. The summed E-state index contributed by atoms with van der Waals surface area (Å²) in [4.78, 5) is 14.6. The van der Waals surface area contributed by atoms with E-state index < -0.39 is 7.82 Å². The van der Waals surface area contributed by atoms with E-state index >= 15 is 0 Å². The first-order valence-electron chi connectivity index (χ1n) is 23.0. The minimum absolute atomic E-state index is 0.0364. The number of rotatable bonds is 44. The van der Waals surface area contributed by atoms with Gasteiger partial charge in [0, 0.05) is 13.0 Å². The minimum Gasteiger partial charge on any atom is -0.463 e. The predicted molar refractivity (Wildman–Crippen MR) is 225 cm³/mol. The van der Waals surface area contributed by atoms with Crippen molar-refractivity contribution in [2.75, 3.05) is 46.1 Å². The average molecular weight is 776 g/mol. The third-order valence-corrected chi connectivity index (χ3v) is 11.7. The monoisotopic (exact) mass is 776 g/mol. The van der Waals surface area contributed by atoms with Gasteiger partial charge in [0.15, 0.2) is 0 Å². The molecule has 0 bridgehead atoms. The van der Waals surface area contributed by atoms with E-state index in [0.717, 1.165) is 122 Å². The lowest BCUT2D eigenvalue weighted by molar-refractivity contribution is -0.148. The molecule has 0 saturated carbocycles. The van der Waals surface area contributed by atoms with E-state index in [4.69, 9.17) is 18.3 Å². The summed E-state index contributed by atoms with van der Waals surface area (Å²) < 4.78 is 36.3. The molecule has 0 aliphatic rings. The summed E-state index contributed by atoms with van der Waals surface area (Å²) in [5.41, 5.74) is 0. The third-order valence-electron chi connectivity index (χ3n) is 10.2. The lowest BCUT2D eigenvalue weighted by Gasteiger charge is -2.21. The van der Waals surface area contributed by atoms with E-state index in [1.165, 1.54) is 89.9 Å². The predicted octanol–water partition coefficient (Wildman–Crippen LogP) is 13.5. The highest BCUT2D eigenvalue weighted by Crippen LogP contribution is 2.50. The highest BCUT2D eigenvalue weighted by Gasteiger charge is 2.26. The summed E-state index contributed by atoms with van der Waals surface area (Å²) >= 11 is 0.